The average molecular weight is 265 g/mol. The lowest BCUT2D eigenvalue weighted by atomic mass is 10.2. The minimum absolute atomic E-state index is 0.304. The van der Waals surface area contributed by atoms with Crippen LogP contribution < -0.4 is 10.5 Å². The number of halogens is 2. The molecule has 0 radical (unpaired) electrons. The lowest BCUT2D eigenvalue weighted by Crippen LogP contribution is -2.12. The molecule has 13 heavy (non-hydrogen) atoms. The van der Waals surface area contributed by atoms with E-state index in [1.807, 2.05) is 0 Å². The van der Waals surface area contributed by atoms with Gasteiger partial charge in [0, 0.05) is 10.5 Å². The summed E-state index contributed by atoms with van der Waals surface area (Å²) in [6.45, 7) is 0. The van der Waals surface area contributed by atoms with Crippen LogP contribution in [0, 0.1) is 0 Å². The predicted octanol–water partition coefficient (Wildman–Crippen LogP) is 2.21. The third-order valence-electron chi connectivity index (χ3n) is 1.51. The van der Waals surface area contributed by atoms with Crippen molar-refractivity contribution < 1.29 is 9.53 Å². The van der Waals surface area contributed by atoms with Crippen LogP contribution in [0.3, 0.4) is 0 Å². The topological polar surface area (TPSA) is 52.3 Å². The molecule has 0 aliphatic rings. The number of amides is 1. The molecule has 0 unspecified atom stereocenters. The summed E-state index contributed by atoms with van der Waals surface area (Å²) in [5.41, 5.74) is 5.43. The first-order valence-electron chi connectivity index (χ1n) is 3.39. The number of nitrogens with two attached hydrogens (primary N) is 1. The van der Waals surface area contributed by atoms with Gasteiger partial charge in [0.25, 0.3) is 5.91 Å². The Kier molecular flexibility index (Phi) is 3.17. The molecule has 1 rings (SSSR count). The third-order valence-corrected chi connectivity index (χ3v) is 2.70. The number of ether oxygens (including phenoxy) is 1. The van der Waals surface area contributed by atoms with Crippen LogP contribution in [-0.2, 0) is 0 Å². The zero-order chi connectivity index (χ0) is 10.0. The highest BCUT2D eigenvalue weighted by Crippen LogP contribution is 2.30. The summed E-state index contributed by atoms with van der Waals surface area (Å²) in [4.78, 5) is 10.9. The van der Waals surface area contributed by atoms with Crippen molar-refractivity contribution in [3.05, 3.63) is 27.2 Å². The Labute approximate surface area is 88.9 Å². The van der Waals surface area contributed by atoms with Crippen molar-refractivity contribution in [2.24, 2.45) is 5.73 Å². The number of primary amides is 1. The van der Waals surface area contributed by atoms with Crippen molar-refractivity contribution in [2.45, 2.75) is 0 Å². The minimum Gasteiger partial charge on any atom is -0.496 e. The molecule has 1 aromatic rings. The van der Waals surface area contributed by atoms with Crippen LogP contribution in [0.1, 0.15) is 10.4 Å². The molecule has 5 heteroatoms. The number of carbonyl (C=O) groups excluding carboxylic acids is 1. The second kappa shape index (κ2) is 3.98. The van der Waals surface area contributed by atoms with Gasteiger partial charge >= 0.3 is 0 Å². The van der Waals surface area contributed by atoms with Crippen molar-refractivity contribution >= 4 is 33.4 Å². The van der Waals surface area contributed by atoms with E-state index in [9.17, 15) is 4.79 Å². The zero-order valence-electron chi connectivity index (χ0n) is 6.80. The fourth-order valence-corrected chi connectivity index (χ4v) is 1.39. The van der Waals surface area contributed by atoms with Gasteiger partial charge in [-0.1, -0.05) is 11.6 Å². The van der Waals surface area contributed by atoms with Gasteiger partial charge in [-0.15, -0.1) is 0 Å². The first-order valence-corrected chi connectivity index (χ1v) is 4.56. The van der Waals surface area contributed by atoms with Gasteiger partial charge in [0.05, 0.1) is 17.7 Å². The Hall–Kier alpha value is -0.740. The molecule has 0 fully saturated rings. The fraction of sp³-hybridized carbons (Fsp3) is 0.125. The second-order valence-corrected chi connectivity index (χ2v) is 3.59. The van der Waals surface area contributed by atoms with Gasteiger partial charge in [0.15, 0.2) is 0 Å². The van der Waals surface area contributed by atoms with Crippen LogP contribution in [0.2, 0.25) is 5.02 Å². The molecule has 0 atom stereocenters. The average Bonchev–Trinajstić information content (AvgIpc) is 2.08. The van der Waals surface area contributed by atoms with Gasteiger partial charge in [-0.3, -0.25) is 4.79 Å². The molecule has 1 aromatic carbocycles. The van der Waals surface area contributed by atoms with Gasteiger partial charge in [-0.05, 0) is 22.0 Å². The van der Waals surface area contributed by atoms with Gasteiger partial charge in [0.1, 0.15) is 5.75 Å². The normalized spacial score (nSPS) is 9.77. The minimum atomic E-state index is -0.547. The highest BCUT2D eigenvalue weighted by atomic mass is 79.9. The molecule has 0 saturated carbocycles. The van der Waals surface area contributed by atoms with Crippen molar-refractivity contribution in [3.63, 3.8) is 0 Å². The maximum atomic E-state index is 10.9. The first kappa shape index (κ1) is 10.3. The largest absolute Gasteiger partial charge is 0.496 e. The Morgan fingerprint density at radius 1 is 1.62 bits per heavy atom. The third kappa shape index (κ3) is 2.14. The highest BCUT2D eigenvalue weighted by molar-refractivity contribution is 9.10. The smallest absolute Gasteiger partial charge is 0.252 e. The van der Waals surface area contributed by atoms with E-state index in [2.05, 4.69) is 15.9 Å². The lowest BCUT2D eigenvalue weighted by Gasteiger charge is -2.06. The quantitative estimate of drug-likeness (QED) is 0.890. The van der Waals surface area contributed by atoms with Crippen molar-refractivity contribution in [2.75, 3.05) is 7.11 Å². The van der Waals surface area contributed by atoms with E-state index in [0.29, 0.717) is 20.8 Å². The van der Waals surface area contributed by atoms with Gasteiger partial charge < -0.3 is 10.5 Å². The van der Waals surface area contributed by atoms with E-state index < -0.39 is 5.91 Å². The van der Waals surface area contributed by atoms with E-state index in [1.165, 1.54) is 19.2 Å². The SMILES string of the molecule is COc1cc(Cl)c(Br)cc1C(N)=O. The Bertz CT molecular complexity index is 354. The number of methoxy groups -OCH3 is 1. The molecule has 0 saturated heterocycles. The Morgan fingerprint density at radius 3 is 2.69 bits per heavy atom. The van der Waals surface area contributed by atoms with Crippen LogP contribution in [-0.4, -0.2) is 13.0 Å². The van der Waals surface area contributed by atoms with E-state index in [0.717, 1.165) is 0 Å². The molecule has 70 valence electrons. The second-order valence-electron chi connectivity index (χ2n) is 2.33. The Balaban J connectivity index is 3.33. The summed E-state index contributed by atoms with van der Waals surface area (Å²) in [7, 11) is 1.45. The zero-order valence-corrected chi connectivity index (χ0v) is 9.15. The Morgan fingerprint density at radius 2 is 2.23 bits per heavy atom. The number of carbonyl (C=O) groups is 1. The summed E-state index contributed by atoms with van der Waals surface area (Å²) in [6.07, 6.45) is 0. The molecule has 3 nitrogen and oxygen atoms in total. The molecule has 0 aliphatic heterocycles. The summed E-state index contributed by atoms with van der Waals surface area (Å²) in [5, 5.41) is 0.474. The predicted molar refractivity (Wildman–Crippen MR) is 54.2 cm³/mol. The maximum absolute atomic E-state index is 10.9. The standard InChI is InChI=1S/C8H7BrClNO2/c1-13-7-3-6(10)5(9)2-4(7)8(11)12/h2-3H,1H3,(H2,11,12). The van der Waals surface area contributed by atoms with Crippen LogP contribution in [0.25, 0.3) is 0 Å². The molecule has 0 aliphatic carbocycles. The summed E-state index contributed by atoms with van der Waals surface area (Å²) in [5.74, 6) is -0.171. The van der Waals surface area contributed by atoms with Crippen LogP contribution in [0.5, 0.6) is 5.75 Å². The van der Waals surface area contributed by atoms with Gasteiger partial charge in [-0.25, -0.2) is 0 Å². The number of benzene rings is 1. The lowest BCUT2D eigenvalue weighted by molar-refractivity contribution is 0.0997. The molecular weight excluding hydrogens is 257 g/mol. The number of hydrogen-bond donors (Lipinski definition) is 1. The summed E-state index contributed by atoms with van der Waals surface area (Å²) in [6, 6.07) is 3.06. The molecule has 2 N–H and O–H groups in total. The molecule has 0 heterocycles. The number of rotatable bonds is 2. The molecule has 0 spiro atoms. The van der Waals surface area contributed by atoms with E-state index in [1.54, 1.807) is 0 Å². The summed E-state index contributed by atoms with van der Waals surface area (Å²) >= 11 is 8.97. The highest BCUT2D eigenvalue weighted by Gasteiger charge is 2.11. The van der Waals surface area contributed by atoms with Crippen molar-refractivity contribution in [1.82, 2.24) is 0 Å². The molecule has 0 aromatic heterocycles. The van der Waals surface area contributed by atoms with Crippen molar-refractivity contribution in [1.29, 1.82) is 0 Å². The van der Waals surface area contributed by atoms with Crippen LogP contribution >= 0.6 is 27.5 Å². The fourth-order valence-electron chi connectivity index (χ4n) is 0.890. The monoisotopic (exact) mass is 263 g/mol. The van der Waals surface area contributed by atoms with E-state index >= 15 is 0 Å². The molecular formula is C8H7BrClNO2. The molecule has 0 bridgehead atoms. The van der Waals surface area contributed by atoms with Crippen LogP contribution in [0.15, 0.2) is 16.6 Å². The van der Waals surface area contributed by atoms with Crippen LogP contribution in [0.4, 0.5) is 0 Å². The molecule has 1 amide bonds. The first-order chi connectivity index (χ1) is 6.06. The van der Waals surface area contributed by atoms with Gasteiger partial charge in [0.2, 0.25) is 0 Å². The van der Waals surface area contributed by atoms with Crippen molar-refractivity contribution in [3.8, 4) is 5.75 Å². The summed E-state index contributed by atoms with van der Waals surface area (Å²) < 4.78 is 5.55. The number of hydrogen-bond acceptors (Lipinski definition) is 2. The van der Waals surface area contributed by atoms with E-state index in [-0.39, 0.29) is 0 Å². The maximum Gasteiger partial charge on any atom is 0.252 e. The van der Waals surface area contributed by atoms with Gasteiger partial charge in [-0.2, -0.15) is 0 Å². The van der Waals surface area contributed by atoms with E-state index in [4.69, 9.17) is 22.1 Å².